The van der Waals surface area contributed by atoms with Crippen LogP contribution in [0.3, 0.4) is 0 Å². The molecule has 0 fully saturated rings. The zero-order chi connectivity index (χ0) is 22.9. The van der Waals surface area contributed by atoms with Gasteiger partial charge < -0.3 is 19.1 Å². The van der Waals surface area contributed by atoms with E-state index in [9.17, 15) is 9.90 Å². The zero-order valence-corrected chi connectivity index (χ0v) is 18.6. The fourth-order valence-corrected chi connectivity index (χ4v) is 3.24. The Balaban J connectivity index is 1.63. The van der Waals surface area contributed by atoms with Gasteiger partial charge in [-0.05, 0) is 56.5 Å². The van der Waals surface area contributed by atoms with Crippen LogP contribution >= 0.6 is 0 Å². The van der Waals surface area contributed by atoms with E-state index in [0.29, 0.717) is 42.6 Å². The van der Waals surface area contributed by atoms with Gasteiger partial charge in [-0.1, -0.05) is 42.4 Å². The van der Waals surface area contributed by atoms with Crippen molar-refractivity contribution in [2.75, 3.05) is 6.61 Å². The van der Waals surface area contributed by atoms with E-state index >= 15 is 0 Å². The van der Waals surface area contributed by atoms with E-state index in [2.05, 4.69) is 10.1 Å². The third kappa shape index (κ3) is 5.97. The third-order valence-electron chi connectivity index (χ3n) is 5.03. The number of hydrogen-bond acceptors (Lipinski definition) is 6. The molecule has 1 aromatic heterocycles. The number of oxazole rings is 1. The van der Waals surface area contributed by atoms with E-state index in [1.165, 1.54) is 0 Å². The van der Waals surface area contributed by atoms with Crippen LogP contribution in [0, 0.1) is 12.8 Å². The van der Waals surface area contributed by atoms with Gasteiger partial charge in [-0.25, -0.2) is 4.98 Å². The largest absolute Gasteiger partial charge is 0.487 e. The molecular formula is C25H28N2O5. The molecule has 0 amide bonds. The van der Waals surface area contributed by atoms with Crippen molar-refractivity contribution >= 4 is 11.7 Å². The van der Waals surface area contributed by atoms with Gasteiger partial charge in [-0.15, -0.1) is 0 Å². The minimum atomic E-state index is -0.915. The highest BCUT2D eigenvalue weighted by Crippen LogP contribution is 2.23. The number of carbonyl (C=O) groups is 1. The molecule has 3 aromatic rings. The summed E-state index contributed by atoms with van der Waals surface area (Å²) in [6.07, 6.45) is 0.846. The predicted molar refractivity (Wildman–Crippen MR) is 122 cm³/mol. The van der Waals surface area contributed by atoms with Crippen LogP contribution in [0.25, 0.3) is 11.5 Å². The summed E-state index contributed by atoms with van der Waals surface area (Å²) in [6, 6.07) is 17.1. The SMILES string of the molecule is CCO/N=C(\CC)C(Cc1ccc(OCc2nc(-c3ccccc3)oc2C)cc1)C(=O)O. The van der Waals surface area contributed by atoms with Crippen molar-refractivity contribution in [1.82, 2.24) is 4.98 Å². The van der Waals surface area contributed by atoms with Gasteiger partial charge in [-0.3, -0.25) is 4.79 Å². The van der Waals surface area contributed by atoms with E-state index in [1.54, 1.807) is 0 Å². The Hall–Kier alpha value is -3.61. The molecule has 1 N–H and O–H groups in total. The number of aryl methyl sites for hydroxylation is 1. The Morgan fingerprint density at radius 1 is 1.12 bits per heavy atom. The molecule has 0 aliphatic carbocycles. The molecule has 0 spiro atoms. The molecule has 0 bridgehead atoms. The summed E-state index contributed by atoms with van der Waals surface area (Å²) in [4.78, 5) is 21.4. The van der Waals surface area contributed by atoms with Gasteiger partial charge >= 0.3 is 5.97 Å². The van der Waals surface area contributed by atoms with Crippen LogP contribution in [0.15, 0.2) is 64.2 Å². The highest BCUT2D eigenvalue weighted by Gasteiger charge is 2.24. The van der Waals surface area contributed by atoms with Gasteiger partial charge in [0, 0.05) is 5.56 Å². The Labute approximate surface area is 187 Å². The molecule has 0 saturated carbocycles. The Bertz CT molecular complexity index is 1040. The van der Waals surface area contributed by atoms with Crippen molar-refractivity contribution in [2.24, 2.45) is 11.1 Å². The predicted octanol–water partition coefficient (Wildman–Crippen LogP) is 5.27. The van der Waals surface area contributed by atoms with E-state index in [4.69, 9.17) is 14.0 Å². The molecule has 168 valence electrons. The van der Waals surface area contributed by atoms with Gasteiger partial charge in [0.2, 0.25) is 5.89 Å². The molecule has 2 aromatic carbocycles. The van der Waals surface area contributed by atoms with Crippen molar-refractivity contribution in [3.05, 3.63) is 71.6 Å². The second kappa shape index (κ2) is 11.1. The maximum absolute atomic E-state index is 11.8. The number of oxime groups is 1. The first-order valence-corrected chi connectivity index (χ1v) is 10.7. The van der Waals surface area contributed by atoms with Crippen LogP contribution in [0.5, 0.6) is 5.75 Å². The van der Waals surface area contributed by atoms with E-state index in [-0.39, 0.29) is 6.61 Å². The van der Waals surface area contributed by atoms with Crippen LogP contribution in [0.2, 0.25) is 0 Å². The highest BCUT2D eigenvalue weighted by atomic mass is 16.6. The minimum Gasteiger partial charge on any atom is -0.487 e. The van der Waals surface area contributed by atoms with E-state index in [1.807, 2.05) is 75.4 Å². The molecule has 1 unspecified atom stereocenters. The summed E-state index contributed by atoms with van der Waals surface area (Å²) in [5.41, 5.74) is 3.05. The highest BCUT2D eigenvalue weighted by molar-refractivity contribution is 6.01. The summed E-state index contributed by atoms with van der Waals surface area (Å²) in [5.74, 6) is 0.305. The normalized spacial score (nSPS) is 12.4. The quantitative estimate of drug-likeness (QED) is 0.325. The van der Waals surface area contributed by atoms with Gasteiger partial charge in [0.05, 0.1) is 5.71 Å². The van der Waals surface area contributed by atoms with Crippen molar-refractivity contribution in [2.45, 2.75) is 40.2 Å². The van der Waals surface area contributed by atoms with Crippen molar-refractivity contribution in [3.63, 3.8) is 0 Å². The number of aliphatic carboxylic acids is 1. The number of ether oxygens (including phenoxy) is 1. The van der Waals surface area contributed by atoms with Crippen LogP contribution in [0.4, 0.5) is 0 Å². The van der Waals surface area contributed by atoms with E-state index < -0.39 is 11.9 Å². The molecule has 0 radical (unpaired) electrons. The van der Waals surface area contributed by atoms with Gasteiger partial charge in [0.25, 0.3) is 0 Å². The number of carboxylic acids is 1. The van der Waals surface area contributed by atoms with Gasteiger partial charge in [-0.2, -0.15) is 0 Å². The lowest BCUT2D eigenvalue weighted by Crippen LogP contribution is -2.26. The van der Waals surface area contributed by atoms with Crippen molar-refractivity contribution in [3.8, 4) is 17.2 Å². The number of aromatic nitrogens is 1. The molecule has 32 heavy (non-hydrogen) atoms. The summed E-state index contributed by atoms with van der Waals surface area (Å²) in [7, 11) is 0. The number of rotatable bonds is 11. The fraction of sp³-hybridized carbons (Fsp3) is 0.320. The number of hydrogen-bond donors (Lipinski definition) is 1. The fourth-order valence-electron chi connectivity index (χ4n) is 3.24. The molecule has 1 atom stereocenters. The number of benzene rings is 2. The number of carboxylic acid groups (broad SMARTS) is 1. The van der Waals surface area contributed by atoms with Gasteiger partial charge in [0.15, 0.2) is 0 Å². The topological polar surface area (TPSA) is 94.2 Å². The first-order chi connectivity index (χ1) is 15.5. The first-order valence-electron chi connectivity index (χ1n) is 10.7. The first kappa shape index (κ1) is 23.1. The lowest BCUT2D eigenvalue weighted by Gasteiger charge is -2.14. The minimum absolute atomic E-state index is 0.278. The lowest BCUT2D eigenvalue weighted by atomic mass is 9.93. The Morgan fingerprint density at radius 2 is 1.84 bits per heavy atom. The standard InChI is InChI=1S/C25H28N2O5/c1-4-22(27-31-5-2)21(25(28)29)15-18-11-13-20(14-12-18)30-16-23-17(3)32-24(26-23)19-9-7-6-8-10-19/h6-14,21H,4-5,15-16H2,1-3H3,(H,28,29)/b27-22+. The molecule has 1 heterocycles. The van der Waals surface area contributed by atoms with Crippen LogP contribution in [0.1, 0.15) is 37.3 Å². The maximum atomic E-state index is 11.8. The van der Waals surface area contributed by atoms with Crippen molar-refractivity contribution < 1.29 is 23.9 Å². The maximum Gasteiger partial charge on any atom is 0.312 e. The molecule has 0 aliphatic rings. The monoisotopic (exact) mass is 436 g/mol. The molecule has 7 nitrogen and oxygen atoms in total. The molecule has 3 rings (SSSR count). The summed E-state index contributed by atoms with van der Waals surface area (Å²) in [6.45, 7) is 6.23. The molecule has 7 heteroatoms. The third-order valence-corrected chi connectivity index (χ3v) is 5.03. The van der Waals surface area contributed by atoms with Crippen molar-refractivity contribution in [1.29, 1.82) is 0 Å². The van der Waals surface area contributed by atoms with Crippen LogP contribution in [-0.4, -0.2) is 28.4 Å². The number of nitrogens with zero attached hydrogens (tertiary/aromatic N) is 2. The average molecular weight is 437 g/mol. The zero-order valence-electron chi connectivity index (χ0n) is 18.6. The molecule has 0 aliphatic heterocycles. The van der Waals surface area contributed by atoms with Crippen LogP contribution in [-0.2, 0) is 22.7 Å². The second-order valence-electron chi connectivity index (χ2n) is 7.27. The molecular weight excluding hydrogens is 408 g/mol. The summed E-state index contributed by atoms with van der Waals surface area (Å²) >= 11 is 0. The molecule has 0 saturated heterocycles. The average Bonchev–Trinajstić information content (AvgIpc) is 3.19. The second-order valence-corrected chi connectivity index (χ2v) is 7.27. The van der Waals surface area contributed by atoms with Gasteiger partial charge in [0.1, 0.15) is 36.3 Å². The van der Waals surface area contributed by atoms with E-state index in [0.717, 1.165) is 16.8 Å². The Kier molecular flexibility index (Phi) is 8.02. The lowest BCUT2D eigenvalue weighted by molar-refractivity contribution is -0.139. The summed E-state index contributed by atoms with van der Waals surface area (Å²) in [5, 5.41) is 13.6. The Morgan fingerprint density at radius 3 is 2.47 bits per heavy atom. The smallest absolute Gasteiger partial charge is 0.312 e. The summed E-state index contributed by atoms with van der Waals surface area (Å²) < 4.78 is 11.6. The van der Waals surface area contributed by atoms with Crippen LogP contribution < -0.4 is 4.74 Å².